The van der Waals surface area contributed by atoms with Crippen molar-refractivity contribution in [2.75, 3.05) is 51.4 Å². The molecule has 3 heterocycles. The molecule has 0 bridgehead atoms. The zero-order valence-electron chi connectivity index (χ0n) is 15.3. The predicted molar refractivity (Wildman–Crippen MR) is 118 cm³/mol. The average molecular weight is 504 g/mol. The number of thiazole rings is 1. The summed E-state index contributed by atoms with van der Waals surface area (Å²) in [5.41, 5.74) is 7.11. The lowest BCUT2D eigenvalue weighted by Gasteiger charge is -2.35. The largest absolute Gasteiger partial charge is 0.475 e. The Morgan fingerprint density at radius 3 is 2.74 bits per heavy atom. The highest BCUT2D eigenvalue weighted by Crippen LogP contribution is 2.19. The Bertz CT molecular complexity index is 707. The monoisotopic (exact) mass is 504 g/mol. The highest BCUT2D eigenvalue weighted by molar-refractivity contribution is 14.0. The minimum absolute atomic E-state index is 0. The van der Waals surface area contributed by atoms with Crippen molar-refractivity contribution in [2.24, 2.45) is 10.7 Å². The van der Waals surface area contributed by atoms with E-state index in [-0.39, 0.29) is 24.0 Å². The number of guanidine groups is 1. The van der Waals surface area contributed by atoms with Gasteiger partial charge in [-0.15, -0.1) is 35.3 Å². The van der Waals surface area contributed by atoms with Crippen molar-refractivity contribution in [3.63, 3.8) is 0 Å². The molecule has 2 aromatic heterocycles. The van der Waals surface area contributed by atoms with Gasteiger partial charge in [0.15, 0.2) is 11.1 Å². The Kier molecular flexibility index (Phi) is 9.01. The SMILES string of the molecule is COCCOc1ncccc1CN=C(N)N1CCN(c2nccs2)CC1.I. The molecule has 0 atom stereocenters. The van der Waals surface area contributed by atoms with Gasteiger partial charge in [0, 0.05) is 56.6 Å². The summed E-state index contributed by atoms with van der Waals surface area (Å²) in [6.07, 6.45) is 3.54. The Balaban J connectivity index is 0.00000261. The van der Waals surface area contributed by atoms with Crippen molar-refractivity contribution < 1.29 is 9.47 Å². The smallest absolute Gasteiger partial charge is 0.218 e. The van der Waals surface area contributed by atoms with Crippen LogP contribution in [0, 0.1) is 0 Å². The lowest BCUT2D eigenvalue weighted by molar-refractivity contribution is 0.143. The van der Waals surface area contributed by atoms with Crippen LogP contribution in [0.2, 0.25) is 0 Å². The molecule has 2 aromatic rings. The molecule has 27 heavy (non-hydrogen) atoms. The van der Waals surface area contributed by atoms with Crippen LogP contribution < -0.4 is 15.4 Å². The van der Waals surface area contributed by atoms with Crippen LogP contribution in [0.25, 0.3) is 0 Å². The summed E-state index contributed by atoms with van der Waals surface area (Å²) in [5.74, 6) is 1.13. The third-order valence-corrected chi connectivity index (χ3v) is 4.91. The molecule has 148 valence electrons. The summed E-state index contributed by atoms with van der Waals surface area (Å²) in [6.45, 7) is 4.86. The van der Waals surface area contributed by atoms with Crippen molar-refractivity contribution in [3.8, 4) is 5.88 Å². The van der Waals surface area contributed by atoms with E-state index in [1.165, 1.54) is 0 Å². The molecule has 1 fully saturated rings. The summed E-state index contributed by atoms with van der Waals surface area (Å²) in [7, 11) is 1.64. The number of hydrogen-bond donors (Lipinski definition) is 1. The maximum Gasteiger partial charge on any atom is 0.218 e. The molecule has 10 heteroatoms. The highest BCUT2D eigenvalue weighted by atomic mass is 127. The van der Waals surface area contributed by atoms with E-state index in [4.69, 9.17) is 15.2 Å². The van der Waals surface area contributed by atoms with Crippen LogP contribution in [0.4, 0.5) is 5.13 Å². The van der Waals surface area contributed by atoms with Crippen molar-refractivity contribution in [2.45, 2.75) is 6.54 Å². The normalized spacial score (nSPS) is 14.8. The Morgan fingerprint density at radius 2 is 2.04 bits per heavy atom. The van der Waals surface area contributed by atoms with Crippen LogP contribution >= 0.6 is 35.3 Å². The number of aromatic nitrogens is 2. The van der Waals surface area contributed by atoms with Gasteiger partial charge in [-0.05, 0) is 6.07 Å². The van der Waals surface area contributed by atoms with Crippen molar-refractivity contribution >= 4 is 46.4 Å². The molecule has 2 N–H and O–H groups in total. The standard InChI is InChI=1S/C17H24N6O2S.HI/c1-24-10-11-25-15-14(3-2-4-19-15)13-21-16(18)22-6-8-23(9-7-22)17-20-5-12-26-17;/h2-5,12H,6-11,13H2,1H3,(H2,18,21);1H. The van der Waals surface area contributed by atoms with Gasteiger partial charge in [-0.1, -0.05) is 6.07 Å². The molecule has 1 aliphatic heterocycles. The van der Waals surface area contributed by atoms with Gasteiger partial charge >= 0.3 is 0 Å². The number of nitrogens with two attached hydrogens (primary N) is 1. The summed E-state index contributed by atoms with van der Waals surface area (Å²) >= 11 is 1.66. The summed E-state index contributed by atoms with van der Waals surface area (Å²) in [4.78, 5) is 17.5. The first-order chi connectivity index (χ1) is 12.8. The van der Waals surface area contributed by atoms with E-state index in [2.05, 4.69) is 24.8 Å². The predicted octanol–water partition coefficient (Wildman–Crippen LogP) is 1.82. The number of methoxy groups -OCH3 is 1. The van der Waals surface area contributed by atoms with Crippen LogP contribution in [0.5, 0.6) is 5.88 Å². The fourth-order valence-corrected chi connectivity index (χ4v) is 3.36. The molecule has 0 saturated carbocycles. The maximum atomic E-state index is 6.20. The van der Waals surface area contributed by atoms with Crippen LogP contribution in [-0.4, -0.2) is 67.3 Å². The van der Waals surface area contributed by atoms with Gasteiger partial charge in [0.1, 0.15) is 6.61 Å². The second-order valence-electron chi connectivity index (χ2n) is 5.77. The molecule has 0 spiro atoms. The first-order valence-electron chi connectivity index (χ1n) is 8.53. The van der Waals surface area contributed by atoms with Crippen LogP contribution in [0.15, 0.2) is 34.9 Å². The molecule has 0 aliphatic carbocycles. The fraction of sp³-hybridized carbons (Fsp3) is 0.471. The summed E-state index contributed by atoms with van der Waals surface area (Å²) in [5, 5.41) is 3.06. The molecule has 1 aliphatic rings. The number of ether oxygens (including phenoxy) is 2. The number of nitrogens with zero attached hydrogens (tertiary/aromatic N) is 5. The van der Waals surface area contributed by atoms with E-state index < -0.39 is 0 Å². The average Bonchev–Trinajstić information content (AvgIpc) is 3.22. The van der Waals surface area contributed by atoms with Gasteiger partial charge in [-0.3, -0.25) is 0 Å². The zero-order valence-corrected chi connectivity index (χ0v) is 18.4. The number of aliphatic imine (C=N–C) groups is 1. The minimum Gasteiger partial charge on any atom is -0.475 e. The van der Waals surface area contributed by atoms with E-state index in [1.54, 1.807) is 24.6 Å². The minimum atomic E-state index is 0. The van der Waals surface area contributed by atoms with E-state index >= 15 is 0 Å². The first kappa shape index (κ1) is 21.6. The van der Waals surface area contributed by atoms with Gasteiger partial charge < -0.3 is 25.0 Å². The Morgan fingerprint density at radius 1 is 1.22 bits per heavy atom. The lowest BCUT2D eigenvalue weighted by Crippen LogP contribution is -2.51. The Hall–Kier alpha value is -1.66. The van der Waals surface area contributed by atoms with Gasteiger partial charge in [0.05, 0.1) is 13.2 Å². The highest BCUT2D eigenvalue weighted by Gasteiger charge is 2.19. The quantitative estimate of drug-likeness (QED) is 0.266. The molecular weight excluding hydrogens is 479 g/mol. The number of rotatable bonds is 7. The Labute approximate surface area is 180 Å². The van der Waals surface area contributed by atoms with Crippen molar-refractivity contribution in [1.29, 1.82) is 0 Å². The zero-order chi connectivity index (χ0) is 18.2. The van der Waals surface area contributed by atoms with Crippen molar-refractivity contribution in [1.82, 2.24) is 14.9 Å². The number of piperazine rings is 1. The van der Waals surface area contributed by atoms with Gasteiger partial charge in [-0.25, -0.2) is 15.0 Å². The van der Waals surface area contributed by atoms with E-state index in [0.717, 1.165) is 36.9 Å². The number of pyridine rings is 1. The van der Waals surface area contributed by atoms with E-state index in [1.807, 2.05) is 23.7 Å². The third kappa shape index (κ3) is 6.18. The number of anilines is 1. The van der Waals surface area contributed by atoms with Gasteiger partial charge in [-0.2, -0.15) is 0 Å². The molecule has 3 rings (SSSR count). The molecular formula is C17H25IN6O2S. The molecule has 1 saturated heterocycles. The maximum absolute atomic E-state index is 6.20. The van der Waals surface area contributed by atoms with E-state index in [0.29, 0.717) is 31.6 Å². The lowest BCUT2D eigenvalue weighted by atomic mass is 10.3. The van der Waals surface area contributed by atoms with Crippen LogP contribution in [0.1, 0.15) is 5.56 Å². The second-order valence-corrected chi connectivity index (χ2v) is 6.65. The molecule has 0 radical (unpaired) electrons. The van der Waals surface area contributed by atoms with Gasteiger partial charge in [0.25, 0.3) is 0 Å². The van der Waals surface area contributed by atoms with E-state index in [9.17, 15) is 0 Å². The van der Waals surface area contributed by atoms with Gasteiger partial charge in [0.2, 0.25) is 5.88 Å². The molecule has 0 aromatic carbocycles. The van der Waals surface area contributed by atoms with Crippen LogP contribution in [0.3, 0.4) is 0 Å². The fourth-order valence-electron chi connectivity index (χ4n) is 2.66. The molecule has 0 amide bonds. The first-order valence-corrected chi connectivity index (χ1v) is 9.41. The third-order valence-electron chi connectivity index (χ3n) is 4.08. The number of hydrogen-bond acceptors (Lipinski definition) is 7. The molecule has 8 nitrogen and oxygen atoms in total. The molecule has 0 unspecified atom stereocenters. The van der Waals surface area contributed by atoms with Crippen molar-refractivity contribution in [3.05, 3.63) is 35.5 Å². The van der Waals surface area contributed by atoms with Crippen LogP contribution in [-0.2, 0) is 11.3 Å². The second kappa shape index (κ2) is 11.2. The number of halogens is 1. The topological polar surface area (TPSA) is 89.1 Å². The summed E-state index contributed by atoms with van der Waals surface area (Å²) in [6, 6.07) is 3.82. The summed E-state index contributed by atoms with van der Waals surface area (Å²) < 4.78 is 10.6.